The monoisotopic (exact) mass is 532 g/mol. The summed E-state index contributed by atoms with van der Waals surface area (Å²) in [4.78, 5) is 4.31. The van der Waals surface area contributed by atoms with E-state index in [1.54, 1.807) is 0 Å². The van der Waals surface area contributed by atoms with Crippen molar-refractivity contribution in [2.24, 2.45) is 0 Å². The highest BCUT2D eigenvalue weighted by atomic mass is 31.2. The van der Waals surface area contributed by atoms with Crippen molar-refractivity contribution in [2.45, 2.75) is 6.92 Å². The molecule has 0 amide bonds. The Morgan fingerprint density at radius 2 is 1.12 bits per heavy atom. The van der Waals surface area contributed by atoms with Crippen LogP contribution in [0.4, 0.5) is 11.4 Å². The van der Waals surface area contributed by atoms with Gasteiger partial charge in [0.1, 0.15) is 0 Å². The zero-order valence-electron chi connectivity index (χ0n) is 22.0. The highest BCUT2D eigenvalue weighted by molar-refractivity contribution is 7.81. The lowest BCUT2D eigenvalue weighted by Crippen LogP contribution is -2.37. The average Bonchev–Trinajstić information content (AvgIpc) is 3.02. The number of hydrogen-bond acceptors (Lipinski definition) is 2. The van der Waals surface area contributed by atoms with Gasteiger partial charge in [0.2, 0.25) is 7.29 Å². The average molecular weight is 533 g/mol. The van der Waals surface area contributed by atoms with E-state index in [1.807, 2.05) is 54.9 Å². The highest BCUT2D eigenvalue weighted by Gasteiger charge is 2.47. The van der Waals surface area contributed by atoms with Crippen molar-refractivity contribution < 1.29 is 4.57 Å². The van der Waals surface area contributed by atoms with Crippen LogP contribution in [0.1, 0.15) is 5.56 Å². The first kappa shape index (κ1) is 23.2. The van der Waals surface area contributed by atoms with Crippen LogP contribution in [0.15, 0.2) is 134 Å². The number of nitrogens with zero attached hydrogens (tertiary/aromatic N) is 2. The molecule has 1 aromatic heterocycles. The van der Waals surface area contributed by atoms with Gasteiger partial charge in [-0.05, 0) is 76.7 Å². The Morgan fingerprint density at radius 1 is 0.550 bits per heavy atom. The van der Waals surface area contributed by atoms with Gasteiger partial charge in [0.05, 0.1) is 11.4 Å². The lowest BCUT2D eigenvalue weighted by molar-refractivity contribution is 0.586. The van der Waals surface area contributed by atoms with Crippen molar-refractivity contribution in [3.05, 3.63) is 139 Å². The zero-order valence-corrected chi connectivity index (χ0v) is 22.8. The summed E-state index contributed by atoms with van der Waals surface area (Å²) in [5.41, 5.74) is 12.1. The molecule has 3 heterocycles. The Morgan fingerprint density at radius 3 is 1.85 bits per heavy atom. The normalized spacial score (nSPS) is 16.3. The molecule has 40 heavy (non-hydrogen) atoms. The van der Waals surface area contributed by atoms with Crippen LogP contribution >= 0.6 is 7.29 Å². The van der Waals surface area contributed by atoms with Gasteiger partial charge >= 0.3 is 0 Å². The van der Waals surface area contributed by atoms with Crippen molar-refractivity contribution in [3.8, 4) is 44.5 Å². The number of para-hydroxylation sites is 1. The molecule has 0 spiro atoms. The second kappa shape index (κ2) is 8.64. The Balaban J connectivity index is 1.33. The first-order valence-electron chi connectivity index (χ1n) is 13.5. The maximum absolute atomic E-state index is 15.5. The van der Waals surface area contributed by atoms with Crippen LogP contribution in [0.25, 0.3) is 44.5 Å². The van der Waals surface area contributed by atoms with Gasteiger partial charge in [-0.3, -0.25) is 14.2 Å². The van der Waals surface area contributed by atoms with Crippen molar-refractivity contribution in [3.63, 3.8) is 0 Å². The van der Waals surface area contributed by atoms with Crippen molar-refractivity contribution in [1.29, 1.82) is 0 Å². The summed E-state index contributed by atoms with van der Waals surface area (Å²) in [6.45, 7) is 2.11. The molecular formula is C36H25N2OP. The number of rotatable bonds is 2. The van der Waals surface area contributed by atoms with Gasteiger partial charge in [-0.25, -0.2) is 0 Å². The van der Waals surface area contributed by atoms with Gasteiger partial charge in [0.25, 0.3) is 0 Å². The first-order valence-corrected chi connectivity index (χ1v) is 15.2. The van der Waals surface area contributed by atoms with Crippen LogP contribution in [0.5, 0.6) is 0 Å². The standard InChI is InChI=1S/C36H25N2OP/c1-24-20-21-37-23-32(24)26-16-14-25(15-17-26)27-18-19-34-31(22-27)30-10-4-7-13-36(30)40(39)35-12-6-3-9-29(35)28-8-2-5-11-33(28)38(34)40/h2-23H,1H3. The minimum atomic E-state index is -3.17. The Bertz CT molecular complexity index is 2010. The summed E-state index contributed by atoms with van der Waals surface area (Å²) in [6.07, 6.45) is 3.75. The van der Waals surface area contributed by atoms with E-state index in [9.17, 15) is 0 Å². The van der Waals surface area contributed by atoms with Gasteiger partial charge in [0.15, 0.2) is 0 Å². The molecule has 0 saturated carbocycles. The minimum absolute atomic E-state index is 0.893. The number of hydrogen-bond donors (Lipinski definition) is 0. The maximum Gasteiger partial charge on any atom is 0.235 e. The Labute approximate surface area is 233 Å². The van der Waals surface area contributed by atoms with Crippen molar-refractivity contribution in [1.82, 2.24) is 4.98 Å². The molecule has 4 heteroatoms. The van der Waals surface area contributed by atoms with E-state index in [0.717, 1.165) is 66.5 Å². The number of anilines is 2. The van der Waals surface area contributed by atoms with E-state index in [2.05, 4.69) is 95.4 Å². The lowest BCUT2D eigenvalue weighted by Gasteiger charge is -2.44. The Kier molecular flexibility index (Phi) is 5.01. The lowest BCUT2D eigenvalue weighted by atomic mass is 9.94. The maximum atomic E-state index is 15.5. The summed E-state index contributed by atoms with van der Waals surface area (Å²) in [7, 11) is -3.17. The fraction of sp³-hybridized carbons (Fsp3) is 0.0278. The minimum Gasteiger partial charge on any atom is -0.289 e. The van der Waals surface area contributed by atoms with Crippen LogP contribution in [-0.2, 0) is 4.57 Å². The van der Waals surface area contributed by atoms with E-state index >= 15 is 4.57 Å². The fourth-order valence-electron chi connectivity index (χ4n) is 6.32. The van der Waals surface area contributed by atoms with E-state index in [4.69, 9.17) is 0 Å². The third-order valence-corrected chi connectivity index (χ3v) is 11.3. The molecule has 2 aliphatic heterocycles. The van der Waals surface area contributed by atoms with Crippen LogP contribution in [0, 0.1) is 6.92 Å². The van der Waals surface area contributed by atoms with Crippen LogP contribution in [-0.4, -0.2) is 4.98 Å². The van der Waals surface area contributed by atoms with E-state index in [1.165, 1.54) is 5.56 Å². The van der Waals surface area contributed by atoms with Crippen molar-refractivity contribution >= 4 is 29.3 Å². The largest absolute Gasteiger partial charge is 0.289 e. The Hall–Kier alpha value is -4.72. The summed E-state index contributed by atoms with van der Waals surface area (Å²) in [6, 6.07) is 42.0. The number of fused-ring (bicyclic) bond motifs is 11. The van der Waals surface area contributed by atoms with Gasteiger partial charge < -0.3 is 0 Å². The quantitative estimate of drug-likeness (QED) is 0.209. The van der Waals surface area contributed by atoms with E-state index in [0.29, 0.717) is 0 Å². The van der Waals surface area contributed by atoms with Crippen LogP contribution in [0.2, 0.25) is 0 Å². The predicted molar refractivity (Wildman–Crippen MR) is 166 cm³/mol. The van der Waals surface area contributed by atoms with Gasteiger partial charge in [-0.15, -0.1) is 0 Å². The molecule has 0 N–H and O–H groups in total. The highest BCUT2D eigenvalue weighted by Crippen LogP contribution is 2.65. The van der Waals surface area contributed by atoms with Crippen LogP contribution < -0.4 is 15.3 Å². The summed E-state index contributed by atoms with van der Waals surface area (Å²) in [5.74, 6) is 0. The zero-order chi connectivity index (χ0) is 26.8. The van der Waals surface area contributed by atoms with Crippen LogP contribution in [0.3, 0.4) is 0 Å². The second-order valence-electron chi connectivity index (χ2n) is 10.4. The summed E-state index contributed by atoms with van der Waals surface area (Å²) in [5, 5.41) is 1.79. The molecule has 0 saturated heterocycles. The number of aryl methyl sites for hydroxylation is 1. The van der Waals surface area contributed by atoms with Gasteiger partial charge in [0, 0.05) is 39.7 Å². The summed E-state index contributed by atoms with van der Waals surface area (Å²) < 4.78 is 17.6. The second-order valence-corrected chi connectivity index (χ2v) is 13.0. The smallest absolute Gasteiger partial charge is 0.235 e. The summed E-state index contributed by atoms with van der Waals surface area (Å²) >= 11 is 0. The third kappa shape index (κ3) is 3.19. The molecule has 8 rings (SSSR count). The number of pyridine rings is 1. The molecule has 190 valence electrons. The molecule has 0 fully saturated rings. The number of benzene rings is 5. The molecule has 1 atom stereocenters. The SMILES string of the molecule is Cc1ccncc1-c1ccc(-c2ccc3c(c2)-c2ccccc2P2(=O)c4ccccc4-c4ccccc4N32)cc1. The molecule has 0 aliphatic carbocycles. The molecule has 6 aromatic rings. The molecule has 5 aromatic carbocycles. The van der Waals surface area contributed by atoms with Gasteiger partial charge in [-0.2, -0.15) is 0 Å². The molecule has 1 unspecified atom stereocenters. The fourth-order valence-corrected chi connectivity index (χ4v) is 9.59. The third-order valence-electron chi connectivity index (χ3n) is 8.25. The first-order chi connectivity index (χ1) is 19.6. The number of aromatic nitrogens is 1. The topological polar surface area (TPSA) is 33.2 Å². The van der Waals surface area contributed by atoms with Gasteiger partial charge in [-0.1, -0.05) is 84.9 Å². The molecule has 0 radical (unpaired) electrons. The molecule has 3 nitrogen and oxygen atoms in total. The van der Waals surface area contributed by atoms with E-state index < -0.39 is 7.29 Å². The predicted octanol–water partition coefficient (Wildman–Crippen LogP) is 8.75. The van der Waals surface area contributed by atoms with Crippen molar-refractivity contribution in [2.75, 3.05) is 4.67 Å². The molecule has 2 aliphatic rings. The molecule has 0 bridgehead atoms. The van der Waals surface area contributed by atoms with E-state index in [-0.39, 0.29) is 0 Å². The molecular weight excluding hydrogens is 507 g/mol.